The molecule has 11 heteroatoms. The van der Waals surface area contributed by atoms with Gasteiger partial charge in [0.1, 0.15) is 5.76 Å². The van der Waals surface area contributed by atoms with Crippen molar-refractivity contribution in [3.8, 4) is 0 Å². The van der Waals surface area contributed by atoms with Crippen molar-refractivity contribution in [2.45, 2.75) is 31.8 Å². The van der Waals surface area contributed by atoms with Gasteiger partial charge >= 0.3 is 12.1 Å². The number of aliphatic hydroxyl groups is 1. The fourth-order valence-electron chi connectivity index (χ4n) is 2.42. The molecule has 0 bridgehead atoms. The lowest BCUT2D eigenvalue weighted by atomic mass is 10.1. The van der Waals surface area contributed by atoms with Gasteiger partial charge in [0.15, 0.2) is 5.76 Å². The first-order chi connectivity index (χ1) is 11.6. The van der Waals surface area contributed by atoms with E-state index in [0.717, 1.165) is 0 Å². The third-order valence-corrected chi connectivity index (χ3v) is 3.76. The maximum atomic E-state index is 13.2. The van der Waals surface area contributed by atoms with Gasteiger partial charge in [-0.2, -0.15) is 28.4 Å². The number of carbonyl (C=O) groups is 1. The van der Waals surface area contributed by atoms with Crippen molar-refractivity contribution in [2.75, 3.05) is 0 Å². The molecule has 1 N–H and O–H groups in total. The summed E-state index contributed by atoms with van der Waals surface area (Å²) in [5.74, 6) is -1.30. The molecule has 2 aromatic heterocycles. The molecule has 1 atom stereocenters. The van der Waals surface area contributed by atoms with Crippen LogP contribution in [0.3, 0.4) is 0 Å². The number of aromatic nitrogens is 2. The zero-order valence-electron chi connectivity index (χ0n) is 12.8. The minimum absolute atomic E-state index is 0.00965. The lowest BCUT2D eigenvalue weighted by Crippen LogP contribution is -2.56. The first-order valence-corrected chi connectivity index (χ1v) is 7.42. The molecule has 3 rings (SSSR count). The first-order valence-electron chi connectivity index (χ1n) is 7.04. The molecule has 0 spiro atoms. The van der Waals surface area contributed by atoms with Gasteiger partial charge in [0.05, 0.1) is 17.8 Å². The van der Waals surface area contributed by atoms with Crippen LogP contribution in [0.2, 0.25) is 5.02 Å². The number of halogens is 4. The maximum absolute atomic E-state index is 13.2. The summed E-state index contributed by atoms with van der Waals surface area (Å²) in [6, 6.07) is 2.63. The van der Waals surface area contributed by atoms with Gasteiger partial charge in [0, 0.05) is 18.3 Å². The van der Waals surface area contributed by atoms with E-state index in [9.17, 15) is 23.1 Å². The summed E-state index contributed by atoms with van der Waals surface area (Å²) in [6.45, 7) is 1.42. The number of alkyl halides is 3. The van der Waals surface area contributed by atoms with Crippen molar-refractivity contribution < 1.29 is 27.5 Å². The minimum Gasteiger partial charge on any atom is -0.454 e. The van der Waals surface area contributed by atoms with Gasteiger partial charge < -0.3 is 9.52 Å². The molecule has 0 fully saturated rings. The monoisotopic (exact) mass is 376 g/mol. The third kappa shape index (κ3) is 3.14. The number of hydrazone groups is 1. The van der Waals surface area contributed by atoms with E-state index in [1.54, 1.807) is 0 Å². The molecule has 1 aliphatic heterocycles. The predicted molar refractivity (Wildman–Crippen MR) is 79.9 cm³/mol. The Morgan fingerprint density at radius 2 is 2.20 bits per heavy atom. The molecular formula is C14H12ClF3N4O3. The van der Waals surface area contributed by atoms with Gasteiger partial charge in [-0.3, -0.25) is 9.48 Å². The van der Waals surface area contributed by atoms with E-state index in [-0.39, 0.29) is 28.8 Å². The van der Waals surface area contributed by atoms with Gasteiger partial charge in [-0.05, 0) is 19.1 Å². The molecule has 0 saturated carbocycles. The fourth-order valence-corrected chi connectivity index (χ4v) is 2.58. The van der Waals surface area contributed by atoms with Crippen LogP contribution >= 0.6 is 11.6 Å². The SMILES string of the molecule is CC1=NN(C(=O)c2ccc(Cn3cc(Cl)cn3)o2)C(O)(C(F)(F)F)C1. The summed E-state index contributed by atoms with van der Waals surface area (Å²) in [4.78, 5) is 12.3. The quantitative estimate of drug-likeness (QED) is 0.892. The molecule has 0 aliphatic carbocycles. The number of carbonyl (C=O) groups excluding carboxylic acids is 1. The van der Waals surface area contributed by atoms with Gasteiger partial charge in [-0.25, -0.2) is 0 Å². The standard InChI is InChI=1S/C14H12ClF3N4O3/c1-8-4-13(24,14(16,17)18)22(20-8)12(23)11-3-2-10(25-11)7-21-6-9(15)5-19-21/h2-3,5-6,24H,4,7H2,1H3. The van der Waals surface area contributed by atoms with Crippen LogP contribution in [0.5, 0.6) is 0 Å². The molecule has 0 saturated heterocycles. The van der Waals surface area contributed by atoms with Crippen LogP contribution in [0, 0.1) is 0 Å². The largest absolute Gasteiger partial charge is 0.454 e. The summed E-state index contributed by atoms with van der Waals surface area (Å²) in [7, 11) is 0. The summed E-state index contributed by atoms with van der Waals surface area (Å²) in [5, 5.41) is 17.8. The van der Waals surface area contributed by atoms with Gasteiger partial charge in [-0.1, -0.05) is 11.6 Å². The van der Waals surface area contributed by atoms with Crippen molar-refractivity contribution in [1.82, 2.24) is 14.8 Å². The highest BCUT2D eigenvalue weighted by Gasteiger charge is 2.63. The molecular weight excluding hydrogens is 365 g/mol. The molecule has 2 aromatic rings. The van der Waals surface area contributed by atoms with Crippen LogP contribution in [0.4, 0.5) is 13.2 Å². The molecule has 1 unspecified atom stereocenters. The Hall–Kier alpha value is -2.33. The van der Waals surface area contributed by atoms with Crippen LogP contribution in [0.1, 0.15) is 29.7 Å². The minimum atomic E-state index is -5.06. The highest BCUT2D eigenvalue weighted by molar-refractivity contribution is 6.30. The second-order valence-corrected chi connectivity index (χ2v) is 6.00. The van der Waals surface area contributed by atoms with Crippen LogP contribution in [0.25, 0.3) is 0 Å². The second kappa shape index (κ2) is 5.88. The summed E-state index contributed by atoms with van der Waals surface area (Å²) >= 11 is 5.73. The number of rotatable bonds is 3. The molecule has 25 heavy (non-hydrogen) atoms. The lowest BCUT2D eigenvalue weighted by molar-refractivity contribution is -0.297. The lowest BCUT2D eigenvalue weighted by Gasteiger charge is -2.32. The predicted octanol–water partition coefficient (Wildman–Crippen LogP) is 2.65. The summed E-state index contributed by atoms with van der Waals surface area (Å²) in [5.41, 5.74) is -3.41. The van der Waals surface area contributed by atoms with E-state index in [1.807, 2.05) is 0 Å². The van der Waals surface area contributed by atoms with Gasteiger partial charge in [0.25, 0.3) is 5.72 Å². The Morgan fingerprint density at radius 1 is 1.48 bits per heavy atom. The topological polar surface area (TPSA) is 83.9 Å². The molecule has 1 amide bonds. The van der Waals surface area contributed by atoms with Crippen LogP contribution < -0.4 is 0 Å². The van der Waals surface area contributed by atoms with E-state index in [4.69, 9.17) is 16.0 Å². The number of nitrogens with zero attached hydrogens (tertiary/aromatic N) is 4. The van der Waals surface area contributed by atoms with Crippen LogP contribution in [0.15, 0.2) is 34.0 Å². The Bertz CT molecular complexity index is 844. The first kappa shape index (κ1) is 17.5. The van der Waals surface area contributed by atoms with E-state index in [0.29, 0.717) is 5.02 Å². The molecule has 134 valence electrons. The van der Waals surface area contributed by atoms with Crippen molar-refractivity contribution in [3.63, 3.8) is 0 Å². The normalized spacial score (nSPS) is 20.9. The van der Waals surface area contributed by atoms with E-state index < -0.39 is 24.2 Å². The molecule has 0 aromatic carbocycles. The van der Waals surface area contributed by atoms with Gasteiger partial charge in [0.2, 0.25) is 0 Å². The Labute approximate surface area is 144 Å². The molecule has 3 heterocycles. The van der Waals surface area contributed by atoms with Crippen molar-refractivity contribution in [2.24, 2.45) is 5.10 Å². The van der Waals surface area contributed by atoms with Crippen molar-refractivity contribution >= 4 is 23.2 Å². The highest BCUT2D eigenvalue weighted by Crippen LogP contribution is 2.40. The van der Waals surface area contributed by atoms with Crippen LogP contribution in [-0.2, 0) is 6.54 Å². The number of hydrogen-bond acceptors (Lipinski definition) is 5. The van der Waals surface area contributed by atoms with E-state index in [1.165, 1.54) is 36.1 Å². The molecule has 7 nitrogen and oxygen atoms in total. The average Bonchev–Trinajstić information content (AvgIpc) is 3.19. The smallest absolute Gasteiger partial charge is 0.438 e. The Balaban J connectivity index is 1.83. The van der Waals surface area contributed by atoms with Crippen LogP contribution in [-0.4, -0.2) is 43.4 Å². The molecule has 1 aliphatic rings. The zero-order chi connectivity index (χ0) is 18.4. The van der Waals surface area contributed by atoms with Crippen molar-refractivity contribution in [1.29, 1.82) is 0 Å². The van der Waals surface area contributed by atoms with Crippen molar-refractivity contribution in [3.05, 3.63) is 41.1 Å². The number of hydrogen-bond donors (Lipinski definition) is 1. The third-order valence-electron chi connectivity index (χ3n) is 3.56. The summed E-state index contributed by atoms with van der Waals surface area (Å²) in [6.07, 6.45) is -2.96. The second-order valence-electron chi connectivity index (χ2n) is 5.57. The average molecular weight is 377 g/mol. The Kier molecular flexibility index (Phi) is 4.12. The van der Waals surface area contributed by atoms with Gasteiger partial charge in [-0.15, -0.1) is 0 Å². The number of furan rings is 1. The molecule has 0 radical (unpaired) electrons. The van der Waals surface area contributed by atoms with E-state index in [2.05, 4.69) is 10.2 Å². The summed E-state index contributed by atoms with van der Waals surface area (Å²) < 4.78 is 46.2. The Morgan fingerprint density at radius 3 is 2.80 bits per heavy atom. The van der Waals surface area contributed by atoms with E-state index >= 15 is 0 Å². The fraction of sp³-hybridized carbons (Fsp3) is 0.357. The maximum Gasteiger partial charge on any atom is 0.438 e. The number of amides is 1. The zero-order valence-corrected chi connectivity index (χ0v) is 13.5. The highest BCUT2D eigenvalue weighted by atomic mass is 35.5.